The molecule has 0 saturated carbocycles. The highest BCUT2D eigenvalue weighted by atomic mass is 16.5. The second kappa shape index (κ2) is 29.8. The number of rotatable bonds is 26. The Morgan fingerprint density at radius 2 is 1.15 bits per heavy atom. The number of likely N-dealkylation sites (N-methyl/N-ethyl adjacent to an activating group) is 4. The average molecular weight is 1090 g/mol. The number of hydrogen-bond donors (Lipinski definition) is 3. The predicted octanol–water partition coefficient (Wildman–Crippen LogP) is 3.20. The first-order chi connectivity index (χ1) is 36.9. The lowest BCUT2D eigenvalue weighted by molar-refractivity contribution is -0.154. The van der Waals surface area contributed by atoms with Crippen LogP contribution in [0, 0.1) is 17.8 Å². The molecule has 2 fully saturated rings. The molecule has 0 aliphatic carbocycles. The van der Waals surface area contributed by atoms with Crippen molar-refractivity contribution in [3.63, 3.8) is 0 Å². The van der Waals surface area contributed by atoms with Crippen molar-refractivity contribution in [3.05, 3.63) is 71.8 Å². The maximum Gasteiger partial charge on any atom is 0.328 e. The van der Waals surface area contributed by atoms with E-state index in [9.17, 15) is 47.9 Å². The number of nitrogens with zero attached hydrogens (tertiary/aromatic N) is 6. The molecule has 2 saturated heterocycles. The molecule has 2 aromatic rings. The molecule has 2 aliphatic rings. The summed E-state index contributed by atoms with van der Waals surface area (Å²) < 4.78 is 4.97. The summed E-state index contributed by atoms with van der Waals surface area (Å²) in [5, 5.41) is 8.41. The van der Waals surface area contributed by atoms with Gasteiger partial charge in [0, 0.05) is 60.5 Å². The van der Waals surface area contributed by atoms with E-state index in [2.05, 4.69) is 16.0 Å². The van der Waals surface area contributed by atoms with Crippen LogP contribution in [0.5, 0.6) is 0 Å². The van der Waals surface area contributed by atoms with Crippen molar-refractivity contribution in [1.82, 2.24) is 45.3 Å². The molecule has 3 N–H and O–H groups in total. The van der Waals surface area contributed by atoms with Gasteiger partial charge in [-0.15, -0.1) is 0 Å². The molecule has 4 rings (SSSR count). The zero-order valence-corrected chi connectivity index (χ0v) is 48.3. The molecule has 2 aliphatic heterocycles. The van der Waals surface area contributed by atoms with Crippen molar-refractivity contribution in [2.45, 2.75) is 162 Å². The fourth-order valence-electron chi connectivity index (χ4n) is 10.4. The van der Waals surface area contributed by atoms with E-state index in [1.54, 1.807) is 41.7 Å². The zero-order chi connectivity index (χ0) is 58.1. The van der Waals surface area contributed by atoms with E-state index in [1.165, 1.54) is 57.7 Å². The smallest absolute Gasteiger partial charge is 0.328 e. The van der Waals surface area contributed by atoms with Crippen molar-refractivity contribution >= 4 is 59.1 Å². The Morgan fingerprint density at radius 3 is 1.67 bits per heavy atom. The lowest BCUT2D eigenvalue weighted by atomic mass is 9.96. The molecule has 9 amide bonds. The summed E-state index contributed by atoms with van der Waals surface area (Å²) in [6.07, 6.45) is 3.22. The van der Waals surface area contributed by atoms with Crippen molar-refractivity contribution in [3.8, 4) is 0 Å². The van der Waals surface area contributed by atoms with Gasteiger partial charge in [-0.2, -0.15) is 0 Å². The lowest BCUT2D eigenvalue weighted by Crippen LogP contribution is -2.61. The van der Waals surface area contributed by atoms with Crippen molar-refractivity contribution < 1.29 is 52.7 Å². The van der Waals surface area contributed by atoms with E-state index in [-0.39, 0.29) is 43.4 Å². The fourth-order valence-corrected chi connectivity index (χ4v) is 10.4. The highest BCUT2D eigenvalue weighted by Gasteiger charge is 2.44. The van der Waals surface area contributed by atoms with E-state index in [4.69, 9.17) is 4.74 Å². The molecule has 430 valence electrons. The minimum absolute atomic E-state index is 0.0820. The summed E-state index contributed by atoms with van der Waals surface area (Å²) in [6.45, 7) is 14.3. The van der Waals surface area contributed by atoms with Crippen LogP contribution in [0.2, 0.25) is 0 Å². The molecule has 20 heteroatoms. The molecule has 2 heterocycles. The highest BCUT2D eigenvalue weighted by molar-refractivity contribution is 5.98. The van der Waals surface area contributed by atoms with Crippen LogP contribution in [0.15, 0.2) is 60.7 Å². The number of ether oxygens (including phenoxy) is 1. The molecule has 20 nitrogen and oxygen atoms in total. The first-order valence-electron chi connectivity index (χ1n) is 27.6. The number of amides is 9. The number of benzene rings is 2. The first kappa shape index (κ1) is 63.7. The molecule has 0 aromatic heterocycles. The molecular formula is C58H87N9O11. The molecule has 2 aromatic carbocycles. The Bertz CT molecular complexity index is 2400. The second-order valence-corrected chi connectivity index (χ2v) is 22.0. The molecule has 0 unspecified atom stereocenters. The van der Waals surface area contributed by atoms with Crippen LogP contribution in [0.25, 0.3) is 0 Å². The van der Waals surface area contributed by atoms with Crippen molar-refractivity contribution in [1.29, 1.82) is 0 Å². The second-order valence-electron chi connectivity index (χ2n) is 22.0. The summed E-state index contributed by atoms with van der Waals surface area (Å²) in [6, 6.07) is 10.2. The van der Waals surface area contributed by atoms with E-state index >= 15 is 0 Å². The van der Waals surface area contributed by atoms with Gasteiger partial charge in [-0.25, -0.2) is 4.79 Å². The summed E-state index contributed by atoms with van der Waals surface area (Å²) >= 11 is 0. The van der Waals surface area contributed by atoms with Crippen LogP contribution in [-0.2, 0) is 65.5 Å². The number of nitrogens with one attached hydrogen (secondary N) is 3. The van der Waals surface area contributed by atoms with Gasteiger partial charge in [-0.1, -0.05) is 109 Å². The SMILES string of the molecule is CCCC(=O)N(C)[C@@H](C)C(=O)N1CCC[C@H]1C(=O)N(C)[C@H](Cc1ccccc1)C(=O)N[C@@H](CC(C)C)C(=O)N(C)[C@@H](C(=O)N[C@H](C(=O)NCC(=O)N(C)[C@@H](Cc1ccccc1)C(=O)N1CCC[C@H]1C(=O)OC)C(C)C)C(C)C. The van der Waals surface area contributed by atoms with Crippen LogP contribution >= 0.6 is 0 Å². The predicted molar refractivity (Wildman–Crippen MR) is 295 cm³/mol. The summed E-state index contributed by atoms with van der Waals surface area (Å²) in [7, 11) is 7.28. The van der Waals surface area contributed by atoms with Crippen LogP contribution in [0.4, 0.5) is 0 Å². The summed E-state index contributed by atoms with van der Waals surface area (Å²) in [4.78, 5) is 148. The Labute approximate surface area is 461 Å². The Morgan fingerprint density at radius 1 is 0.615 bits per heavy atom. The maximum absolute atomic E-state index is 14.8. The largest absolute Gasteiger partial charge is 0.467 e. The molecule has 0 spiro atoms. The maximum atomic E-state index is 14.8. The number of methoxy groups -OCH3 is 1. The number of carbonyl (C=O) groups excluding carboxylic acids is 10. The van der Waals surface area contributed by atoms with Gasteiger partial charge in [0.1, 0.15) is 48.3 Å². The van der Waals surface area contributed by atoms with Crippen molar-refractivity contribution in [2.24, 2.45) is 17.8 Å². The number of likely N-dealkylation sites (tertiary alicyclic amines) is 2. The van der Waals surface area contributed by atoms with Crippen LogP contribution in [-0.4, -0.2) is 192 Å². The number of esters is 1. The monoisotopic (exact) mass is 1090 g/mol. The minimum Gasteiger partial charge on any atom is -0.467 e. The Balaban J connectivity index is 1.52. The van der Waals surface area contributed by atoms with Crippen molar-refractivity contribution in [2.75, 3.05) is 54.9 Å². The van der Waals surface area contributed by atoms with Crippen LogP contribution in [0.1, 0.15) is 111 Å². The fraction of sp³-hybridized carbons (Fsp3) is 0.621. The third-order valence-corrected chi connectivity index (χ3v) is 15.1. The molecule has 0 radical (unpaired) electrons. The normalized spacial score (nSPS) is 17.5. The minimum atomic E-state index is -1.16. The number of carbonyl (C=O) groups is 10. The summed E-state index contributed by atoms with van der Waals surface area (Å²) in [5.41, 5.74) is 1.53. The molecule has 8 atom stereocenters. The van der Waals surface area contributed by atoms with Gasteiger partial charge >= 0.3 is 5.97 Å². The standard InChI is InChI=1S/C58H87N9O11/c1-14-23-47(68)62(9)39(8)54(73)66-30-21-28-43(66)56(75)64(11)45(33-40-24-17-15-18-25-40)51(70)60-42(32-36(2)3)55(74)65(12)50(38(6)7)53(72)61-49(37(4)5)52(71)59-35-48(69)63(10)46(34-41-26-19-16-20-27-41)57(76)67-31-22-29-44(67)58(77)78-13/h15-20,24-27,36-39,42-46,49-50H,14,21-23,28-35H2,1-13H3,(H,59,71)(H,60,70)(H,61,72)/t39-,42-,43-,44-,45+,46-,49-,50+/m0/s1. The number of hydrogen-bond acceptors (Lipinski definition) is 11. The first-order valence-corrected chi connectivity index (χ1v) is 27.6. The van der Waals surface area contributed by atoms with Gasteiger partial charge in [0.15, 0.2) is 0 Å². The van der Waals surface area contributed by atoms with Gasteiger partial charge in [-0.05, 0) is 74.3 Å². The zero-order valence-electron chi connectivity index (χ0n) is 48.3. The molecule has 0 bridgehead atoms. The van der Waals surface area contributed by atoms with Gasteiger partial charge in [0.2, 0.25) is 53.2 Å². The average Bonchev–Trinajstić information content (AvgIpc) is 4.15. The van der Waals surface area contributed by atoms with E-state index in [0.29, 0.717) is 45.2 Å². The van der Waals surface area contributed by atoms with Gasteiger partial charge in [0.25, 0.3) is 0 Å². The lowest BCUT2D eigenvalue weighted by Gasteiger charge is -2.37. The van der Waals surface area contributed by atoms with Gasteiger partial charge in [0.05, 0.1) is 13.7 Å². The quantitative estimate of drug-likeness (QED) is 0.116. The van der Waals surface area contributed by atoms with Gasteiger partial charge in [-0.3, -0.25) is 43.2 Å². The topological polar surface area (TPSA) is 235 Å². The van der Waals surface area contributed by atoms with Crippen LogP contribution < -0.4 is 16.0 Å². The Hall–Kier alpha value is -6.86. The van der Waals surface area contributed by atoms with E-state index in [1.807, 2.05) is 81.4 Å². The Kier molecular flexibility index (Phi) is 24.3. The van der Waals surface area contributed by atoms with E-state index < -0.39 is 114 Å². The summed E-state index contributed by atoms with van der Waals surface area (Å²) in [5.74, 6) is -6.17. The third kappa shape index (κ3) is 16.6. The highest BCUT2D eigenvalue weighted by Crippen LogP contribution is 2.25. The third-order valence-electron chi connectivity index (χ3n) is 15.1. The van der Waals surface area contributed by atoms with Crippen LogP contribution in [0.3, 0.4) is 0 Å². The molecule has 78 heavy (non-hydrogen) atoms. The van der Waals surface area contributed by atoms with E-state index in [0.717, 1.165) is 11.1 Å². The van der Waals surface area contributed by atoms with Gasteiger partial charge < -0.3 is 50.1 Å². The molecular weight excluding hydrogens is 999 g/mol.